The first-order valence-electron chi connectivity index (χ1n) is 7.22. The van der Waals surface area contributed by atoms with Crippen molar-refractivity contribution in [2.75, 3.05) is 7.11 Å². The van der Waals surface area contributed by atoms with Crippen LogP contribution in [0, 0.1) is 6.92 Å². The minimum Gasteiger partial charge on any atom is -0.496 e. The predicted octanol–water partition coefficient (Wildman–Crippen LogP) is 2.56. The number of rotatable bonds is 6. The summed E-state index contributed by atoms with van der Waals surface area (Å²) in [5.41, 5.74) is 2.98. The van der Waals surface area contributed by atoms with Crippen LogP contribution in [0.5, 0.6) is 5.75 Å². The van der Waals surface area contributed by atoms with Gasteiger partial charge in [0, 0.05) is 12.1 Å². The molecule has 0 heterocycles. The Kier molecular flexibility index (Phi) is 5.36. The number of ether oxygens (including phenoxy) is 1. The number of methoxy groups -OCH3 is 1. The number of amides is 1. The molecule has 0 unspecified atom stereocenters. The molecule has 2 N–H and O–H groups in total. The van der Waals surface area contributed by atoms with Gasteiger partial charge in [0.05, 0.1) is 19.1 Å². The highest BCUT2D eigenvalue weighted by atomic mass is 16.5. The van der Waals surface area contributed by atoms with Gasteiger partial charge < -0.3 is 15.2 Å². The van der Waals surface area contributed by atoms with E-state index in [0.29, 0.717) is 12.3 Å². The fourth-order valence-electron chi connectivity index (χ4n) is 2.25. The molecule has 0 aliphatic carbocycles. The minimum absolute atomic E-state index is 0.115. The Morgan fingerprint density at radius 3 is 2.43 bits per heavy atom. The second kappa shape index (κ2) is 7.45. The number of benzene rings is 2. The second-order valence-corrected chi connectivity index (χ2v) is 5.27. The van der Waals surface area contributed by atoms with Crippen molar-refractivity contribution < 1.29 is 19.4 Å². The first-order valence-corrected chi connectivity index (χ1v) is 7.22. The average Bonchev–Trinajstić information content (AvgIpc) is 2.53. The zero-order valence-corrected chi connectivity index (χ0v) is 13.1. The molecule has 5 heteroatoms. The minimum atomic E-state index is -0.966. The van der Waals surface area contributed by atoms with Gasteiger partial charge >= 0.3 is 5.97 Å². The van der Waals surface area contributed by atoms with Crippen molar-refractivity contribution in [2.24, 2.45) is 0 Å². The fourth-order valence-corrected chi connectivity index (χ4v) is 2.25. The summed E-state index contributed by atoms with van der Waals surface area (Å²) in [5, 5.41) is 11.7. The van der Waals surface area contributed by atoms with Crippen molar-refractivity contribution in [1.82, 2.24) is 5.32 Å². The van der Waals surface area contributed by atoms with Crippen LogP contribution in [0.15, 0.2) is 42.5 Å². The van der Waals surface area contributed by atoms with Crippen LogP contribution in [0.25, 0.3) is 0 Å². The monoisotopic (exact) mass is 313 g/mol. The van der Waals surface area contributed by atoms with Crippen LogP contribution in [-0.2, 0) is 17.8 Å². The van der Waals surface area contributed by atoms with Gasteiger partial charge in [0.1, 0.15) is 5.75 Å². The summed E-state index contributed by atoms with van der Waals surface area (Å²) in [6.45, 7) is 2.32. The summed E-state index contributed by atoms with van der Waals surface area (Å²) in [6.07, 6.45) is 0.234. The molecule has 23 heavy (non-hydrogen) atoms. The van der Waals surface area contributed by atoms with Crippen molar-refractivity contribution in [1.29, 1.82) is 0 Å². The highest BCUT2D eigenvalue weighted by Crippen LogP contribution is 2.20. The highest BCUT2D eigenvalue weighted by molar-refractivity contribution is 5.87. The smallest absolute Gasteiger partial charge is 0.335 e. The summed E-state index contributed by atoms with van der Waals surface area (Å²) in [5.74, 6) is -0.389. The van der Waals surface area contributed by atoms with E-state index in [2.05, 4.69) is 5.32 Å². The molecule has 0 radical (unpaired) electrons. The highest BCUT2D eigenvalue weighted by Gasteiger charge is 2.09. The van der Waals surface area contributed by atoms with Crippen molar-refractivity contribution in [3.05, 3.63) is 64.7 Å². The van der Waals surface area contributed by atoms with E-state index in [1.165, 1.54) is 12.1 Å². The zero-order chi connectivity index (χ0) is 16.8. The molecule has 2 aromatic rings. The molecule has 0 fully saturated rings. The van der Waals surface area contributed by atoms with Crippen LogP contribution in [0.1, 0.15) is 27.0 Å². The van der Waals surface area contributed by atoms with Crippen molar-refractivity contribution in [2.45, 2.75) is 19.9 Å². The standard InChI is InChI=1S/C18H19NO4/c1-12-3-8-16(23-2)15(9-12)10-17(20)19-11-13-4-6-14(7-5-13)18(21)22/h3-9H,10-11H2,1-2H3,(H,19,20)(H,21,22). The van der Waals surface area contributed by atoms with Gasteiger partial charge in [-0.1, -0.05) is 29.8 Å². The van der Waals surface area contributed by atoms with E-state index < -0.39 is 5.97 Å². The van der Waals surface area contributed by atoms with Crippen LogP contribution in [0.3, 0.4) is 0 Å². The Morgan fingerprint density at radius 2 is 1.83 bits per heavy atom. The van der Waals surface area contributed by atoms with Gasteiger partial charge in [-0.2, -0.15) is 0 Å². The molecule has 2 rings (SSSR count). The number of nitrogens with one attached hydrogen (secondary N) is 1. The normalized spacial score (nSPS) is 10.2. The van der Waals surface area contributed by atoms with E-state index in [4.69, 9.17) is 9.84 Å². The van der Waals surface area contributed by atoms with Gasteiger partial charge in [0.25, 0.3) is 0 Å². The number of carboxylic acid groups (broad SMARTS) is 1. The number of carbonyl (C=O) groups is 2. The lowest BCUT2D eigenvalue weighted by molar-refractivity contribution is -0.120. The van der Waals surface area contributed by atoms with Crippen LogP contribution < -0.4 is 10.1 Å². The lowest BCUT2D eigenvalue weighted by Crippen LogP contribution is -2.24. The number of carboxylic acids is 1. The fraction of sp³-hybridized carbons (Fsp3) is 0.222. The Bertz CT molecular complexity index is 707. The van der Waals surface area contributed by atoms with Crippen LogP contribution in [-0.4, -0.2) is 24.1 Å². The molecule has 1 amide bonds. The summed E-state index contributed by atoms with van der Waals surface area (Å²) >= 11 is 0. The molecule has 5 nitrogen and oxygen atoms in total. The van der Waals surface area contributed by atoms with Crippen LogP contribution in [0.4, 0.5) is 0 Å². The van der Waals surface area contributed by atoms with Crippen molar-refractivity contribution in [3.63, 3.8) is 0 Å². The van der Waals surface area contributed by atoms with E-state index in [0.717, 1.165) is 16.7 Å². The second-order valence-electron chi connectivity index (χ2n) is 5.27. The van der Waals surface area contributed by atoms with Gasteiger partial charge in [-0.05, 0) is 30.7 Å². The molecule has 0 saturated heterocycles. The van der Waals surface area contributed by atoms with Crippen molar-refractivity contribution >= 4 is 11.9 Å². The summed E-state index contributed by atoms with van der Waals surface area (Å²) in [7, 11) is 1.58. The number of carbonyl (C=O) groups excluding carboxylic acids is 1. The van der Waals surface area contributed by atoms with Crippen molar-refractivity contribution in [3.8, 4) is 5.75 Å². The van der Waals surface area contributed by atoms with E-state index in [-0.39, 0.29) is 17.9 Å². The van der Waals surface area contributed by atoms with E-state index in [1.54, 1.807) is 19.2 Å². The largest absolute Gasteiger partial charge is 0.496 e. The maximum atomic E-state index is 12.1. The van der Waals surface area contributed by atoms with E-state index >= 15 is 0 Å². The maximum absolute atomic E-state index is 12.1. The Labute approximate surface area is 134 Å². The Balaban J connectivity index is 1.95. The van der Waals surface area contributed by atoms with E-state index in [1.807, 2.05) is 25.1 Å². The van der Waals surface area contributed by atoms with Gasteiger partial charge in [-0.3, -0.25) is 4.79 Å². The molecule has 0 bridgehead atoms. The number of aromatic carboxylic acids is 1. The SMILES string of the molecule is COc1ccc(C)cc1CC(=O)NCc1ccc(C(=O)O)cc1. The molecular formula is C18H19NO4. The molecule has 2 aromatic carbocycles. The zero-order valence-electron chi connectivity index (χ0n) is 13.1. The molecule has 0 atom stereocenters. The number of hydrogen-bond acceptors (Lipinski definition) is 3. The molecule has 0 spiro atoms. The summed E-state index contributed by atoms with van der Waals surface area (Å²) in [4.78, 5) is 22.9. The van der Waals surface area contributed by atoms with Gasteiger partial charge in [-0.25, -0.2) is 4.79 Å². The maximum Gasteiger partial charge on any atom is 0.335 e. The molecule has 0 aliphatic rings. The van der Waals surface area contributed by atoms with Gasteiger partial charge in [0.15, 0.2) is 0 Å². The third kappa shape index (κ3) is 4.57. The number of hydrogen-bond donors (Lipinski definition) is 2. The predicted molar refractivity (Wildman–Crippen MR) is 86.7 cm³/mol. The third-order valence-corrected chi connectivity index (χ3v) is 3.48. The first kappa shape index (κ1) is 16.5. The molecule has 0 aliphatic heterocycles. The summed E-state index contributed by atoms with van der Waals surface area (Å²) in [6, 6.07) is 12.1. The Morgan fingerprint density at radius 1 is 1.13 bits per heavy atom. The van der Waals surface area contributed by atoms with Gasteiger partial charge in [-0.15, -0.1) is 0 Å². The molecule has 0 aromatic heterocycles. The molecular weight excluding hydrogens is 294 g/mol. The lowest BCUT2D eigenvalue weighted by atomic mass is 10.1. The topological polar surface area (TPSA) is 75.6 Å². The quantitative estimate of drug-likeness (QED) is 0.859. The number of aryl methyl sites for hydroxylation is 1. The van der Waals surface area contributed by atoms with Crippen LogP contribution >= 0.6 is 0 Å². The lowest BCUT2D eigenvalue weighted by Gasteiger charge is -2.10. The average molecular weight is 313 g/mol. The third-order valence-electron chi connectivity index (χ3n) is 3.48. The van der Waals surface area contributed by atoms with Crippen LogP contribution in [0.2, 0.25) is 0 Å². The summed E-state index contributed by atoms with van der Waals surface area (Å²) < 4.78 is 5.26. The molecule has 0 saturated carbocycles. The van der Waals surface area contributed by atoms with Gasteiger partial charge in [0.2, 0.25) is 5.91 Å². The molecule has 120 valence electrons. The Hall–Kier alpha value is -2.82. The van der Waals surface area contributed by atoms with E-state index in [9.17, 15) is 9.59 Å². The first-order chi connectivity index (χ1) is 11.0.